The van der Waals surface area contributed by atoms with Gasteiger partial charge < -0.3 is 4.90 Å². The summed E-state index contributed by atoms with van der Waals surface area (Å²) >= 11 is 1.78. The van der Waals surface area contributed by atoms with Crippen molar-refractivity contribution < 1.29 is 26.6 Å². The minimum Gasteiger partial charge on any atom is -0.334 e. The average molecular weight is 529 g/mol. The summed E-state index contributed by atoms with van der Waals surface area (Å²) in [7, 11) is -2.97. The number of nitrogens with one attached hydrogen (secondary N) is 1. The van der Waals surface area contributed by atoms with Crippen molar-refractivity contribution in [2.24, 2.45) is 5.92 Å². The Bertz CT molecular complexity index is 1130. The van der Waals surface area contributed by atoms with Crippen LogP contribution in [-0.4, -0.2) is 45.0 Å². The molecule has 10 heteroatoms. The van der Waals surface area contributed by atoms with Crippen LogP contribution in [-0.2, 0) is 20.7 Å². The minimum atomic E-state index is -4.46. The van der Waals surface area contributed by atoms with Crippen molar-refractivity contribution >= 4 is 33.2 Å². The van der Waals surface area contributed by atoms with E-state index in [9.17, 15) is 26.6 Å². The molecule has 0 aromatic heterocycles. The van der Waals surface area contributed by atoms with Crippen molar-refractivity contribution in [2.75, 3.05) is 18.1 Å². The third-order valence-corrected chi connectivity index (χ3v) is 9.43. The Kier molecular flexibility index (Phi) is 7.83. The lowest BCUT2D eigenvalue weighted by Crippen LogP contribution is -2.46. The van der Waals surface area contributed by atoms with Crippen LogP contribution in [0, 0.1) is 11.7 Å². The van der Waals surface area contributed by atoms with E-state index in [-0.39, 0.29) is 34.6 Å². The van der Waals surface area contributed by atoms with Crippen LogP contribution in [0.3, 0.4) is 0 Å². The fourth-order valence-corrected chi connectivity index (χ4v) is 7.30. The highest BCUT2D eigenvalue weighted by Crippen LogP contribution is 2.35. The molecule has 1 aliphatic carbocycles. The molecule has 2 aliphatic rings. The van der Waals surface area contributed by atoms with Crippen molar-refractivity contribution in [3.8, 4) is 0 Å². The van der Waals surface area contributed by atoms with Gasteiger partial charge in [-0.25, -0.2) is 13.3 Å². The lowest BCUT2D eigenvalue weighted by molar-refractivity contribution is -0.139. The van der Waals surface area contributed by atoms with Crippen molar-refractivity contribution in [1.29, 1.82) is 0 Å². The van der Waals surface area contributed by atoms with E-state index in [0.717, 1.165) is 29.2 Å². The van der Waals surface area contributed by atoms with Gasteiger partial charge in [0.05, 0.1) is 21.3 Å². The van der Waals surface area contributed by atoms with E-state index in [1.807, 2.05) is 4.90 Å². The van der Waals surface area contributed by atoms with Gasteiger partial charge in [-0.1, -0.05) is 12.1 Å². The zero-order chi connectivity index (χ0) is 25.2. The van der Waals surface area contributed by atoms with Crippen LogP contribution in [0.15, 0.2) is 53.4 Å². The SMILES string of the molecule is C=S(=O)(NC1CCC(C(=O)N2CCSCC2c2ccc(F)cc2)CC1)c1ccc(C(F)(F)F)cc1. The molecule has 1 aliphatic heterocycles. The minimum absolute atomic E-state index is 0.0871. The molecular weight excluding hydrogens is 500 g/mol. The predicted octanol–water partition coefficient (Wildman–Crippen LogP) is 5.30. The molecule has 0 radical (unpaired) electrons. The summed E-state index contributed by atoms with van der Waals surface area (Å²) in [4.78, 5) is 15.5. The van der Waals surface area contributed by atoms with Gasteiger partial charge in [0.15, 0.2) is 0 Å². The van der Waals surface area contributed by atoms with E-state index in [4.69, 9.17) is 0 Å². The average Bonchev–Trinajstić information content (AvgIpc) is 2.84. The topological polar surface area (TPSA) is 49.4 Å². The maximum atomic E-state index is 13.4. The maximum absolute atomic E-state index is 13.4. The Morgan fingerprint density at radius 1 is 1.03 bits per heavy atom. The highest BCUT2D eigenvalue weighted by Gasteiger charge is 2.35. The number of alkyl halides is 3. The summed E-state index contributed by atoms with van der Waals surface area (Å²) in [6.07, 6.45) is -1.97. The van der Waals surface area contributed by atoms with Gasteiger partial charge in [0.1, 0.15) is 5.82 Å². The number of carbonyl (C=O) groups excluding carboxylic acids is 1. The van der Waals surface area contributed by atoms with Gasteiger partial charge in [0.25, 0.3) is 0 Å². The fraction of sp³-hybridized carbons (Fsp3) is 0.440. The van der Waals surface area contributed by atoms with Crippen LogP contribution < -0.4 is 4.72 Å². The monoisotopic (exact) mass is 528 g/mol. The van der Waals surface area contributed by atoms with Gasteiger partial charge in [-0.3, -0.25) is 4.79 Å². The van der Waals surface area contributed by atoms with Crippen molar-refractivity contribution in [3.05, 3.63) is 65.5 Å². The summed E-state index contributed by atoms with van der Waals surface area (Å²) in [6.45, 7) is 0.643. The number of rotatable bonds is 5. The molecule has 0 spiro atoms. The van der Waals surface area contributed by atoms with E-state index in [1.54, 1.807) is 23.9 Å². The number of halogens is 4. The maximum Gasteiger partial charge on any atom is 0.416 e. The number of amides is 1. The third-order valence-electron chi connectivity index (χ3n) is 6.66. The molecule has 2 unspecified atom stereocenters. The molecule has 1 N–H and O–H groups in total. The zero-order valence-corrected chi connectivity index (χ0v) is 20.7. The number of hydrogen-bond acceptors (Lipinski definition) is 3. The number of thioether (sulfide) groups is 1. The Balaban J connectivity index is 1.36. The second-order valence-corrected chi connectivity index (χ2v) is 12.2. The first-order chi connectivity index (χ1) is 16.5. The first-order valence-corrected chi connectivity index (χ1v) is 14.4. The van der Waals surface area contributed by atoms with Gasteiger partial charge in [-0.2, -0.15) is 24.9 Å². The molecule has 1 saturated heterocycles. The lowest BCUT2D eigenvalue weighted by Gasteiger charge is -2.39. The van der Waals surface area contributed by atoms with E-state index in [1.165, 1.54) is 24.3 Å². The molecule has 35 heavy (non-hydrogen) atoms. The largest absolute Gasteiger partial charge is 0.416 e. The molecule has 4 nitrogen and oxygen atoms in total. The van der Waals surface area contributed by atoms with Crippen molar-refractivity contribution in [2.45, 2.75) is 48.8 Å². The van der Waals surface area contributed by atoms with Crippen LogP contribution in [0.5, 0.6) is 0 Å². The summed E-state index contributed by atoms with van der Waals surface area (Å²) in [5, 5.41) is 0. The number of nitrogens with zero attached hydrogens (tertiary/aromatic N) is 1. The van der Waals surface area contributed by atoms with Crippen LogP contribution >= 0.6 is 11.8 Å². The zero-order valence-electron chi connectivity index (χ0n) is 19.1. The molecule has 0 bridgehead atoms. The van der Waals surface area contributed by atoms with E-state index < -0.39 is 21.4 Å². The second-order valence-electron chi connectivity index (χ2n) is 9.04. The first kappa shape index (κ1) is 26.0. The van der Waals surface area contributed by atoms with E-state index in [0.29, 0.717) is 32.2 Å². The van der Waals surface area contributed by atoms with Crippen LogP contribution in [0.2, 0.25) is 0 Å². The van der Waals surface area contributed by atoms with Crippen LogP contribution in [0.1, 0.15) is 42.9 Å². The fourth-order valence-electron chi connectivity index (χ4n) is 4.72. The Morgan fingerprint density at radius 2 is 1.66 bits per heavy atom. The molecule has 2 aromatic rings. The normalized spacial score (nSPS) is 25.1. The molecular formula is C25H28F4N2O2S2. The van der Waals surface area contributed by atoms with Gasteiger partial charge >= 0.3 is 6.18 Å². The Hall–Kier alpha value is -2.04. The molecule has 1 amide bonds. The standard InChI is InChI=1S/C25H28F4N2O2S2/c1-35(33,22-12-6-19(7-13-22)25(27,28)29)30-21-10-4-18(5-11-21)24(32)31-14-15-34-16-23(31)17-2-8-20(26)9-3-17/h2-3,6-9,12-13,18,21,23H,1,4-5,10-11,14-16H2,(H,30,33). The quantitative estimate of drug-likeness (QED) is 0.423. The number of benzene rings is 2. The Labute approximate surface area is 207 Å². The van der Waals surface area contributed by atoms with Gasteiger partial charge in [0.2, 0.25) is 5.91 Å². The number of carbonyl (C=O) groups is 1. The van der Waals surface area contributed by atoms with Crippen molar-refractivity contribution in [3.63, 3.8) is 0 Å². The smallest absolute Gasteiger partial charge is 0.334 e. The molecule has 4 rings (SSSR count). The van der Waals surface area contributed by atoms with Gasteiger partial charge in [0, 0.05) is 34.9 Å². The number of hydrogen-bond donors (Lipinski definition) is 1. The molecule has 1 saturated carbocycles. The van der Waals surface area contributed by atoms with E-state index >= 15 is 0 Å². The molecule has 2 fully saturated rings. The Morgan fingerprint density at radius 3 is 2.26 bits per heavy atom. The molecule has 190 valence electrons. The third kappa shape index (κ3) is 6.21. The van der Waals surface area contributed by atoms with Crippen LogP contribution in [0.4, 0.5) is 17.6 Å². The van der Waals surface area contributed by atoms with Gasteiger partial charge in [-0.05, 0) is 73.5 Å². The summed E-state index contributed by atoms with van der Waals surface area (Å²) in [5.41, 5.74) is 0.126. The van der Waals surface area contributed by atoms with E-state index in [2.05, 4.69) is 10.6 Å². The highest BCUT2D eigenvalue weighted by atomic mass is 32.2. The molecule has 2 aromatic carbocycles. The molecule has 2 atom stereocenters. The van der Waals surface area contributed by atoms with Crippen LogP contribution in [0.25, 0.3) is 0 Å². The highest BCUT2D eigenvalue weighted by molar-refractivity contribution is 7.99. The van der Waals surface area contributed by atoms with Crippen molar-refractivity contribution in [1.82, 2.24) is 9.62 Å². The summed E-state index contributed by atoms with van der Waals surface area (Å²) < 4.78 is 67.9. The molecule has 1 heterocycles. The predicted molar refractivity (Wildman–Crippen MR) is 132 cm³/mol. The van der Waals surface area contributed by atoms with Gasteiger partial charge in [-0.15, -0.1) is 0 Å². The first-order valence-electron chi connectivity index (χ1n) is 11.5. The summed E-state index contributed by atoms with van der Waals surface area (Å²) in [5.74, 6) is 5.00. The lowest BCUT2D eigenvalue weighted by atomic mass is 9.85. The second kappa shape index (κ2) is 10.5. The summed E-state index contributed by atoms with van der Waals surface area (Å²) in [6, 6.07) is 10.3.